The Hall–Kier alpha value is -1.77. The number of aromatic nitrogens is 1. The summed E-state index contributed by atoms with van der Waals surface area (Å²) in [5, 5.41) is 1.16. The second-order valence-corrected chi connectivity index (χ2v) is 4.63. The Balaban J connectivity index is 2.35. The van der Waals surface area contributed by atoms with Crippen molar-refractivity contribution in [2.24, 2.45) is 7.05 Å². The van der Waals surface area contributed by atoms with Crippen molar-refractivity contribution in [3.05, 3.63) is 29.5 Å². The lowest BCUT2D eigenvalue weighted by Gasteiger charge is -2.01. The predicted octanol–water partition coefficient (Wildman–Crippen LogP) is 2.88. The fourth-order valence-electron chi connectivity index (χ4n) is 2.54. The molecule has 1 fully saturated rings. The lowest BCUT2D eigenvalue weighted by Crippen LogP contribution is -1.96. The van der Waals surface area contributed by atoms with E-state index in [9.17, 15) is 4.79 Å². The first-order valence-electron chi connectivity index (χ1n) is 5.87. The van der Waals surface area contributed by atoms with Crippen molar-refractivity contribution in [2.45, 2.75) is 18.8 Å². The lowest BCUT2D eigenvalue weighted by molar-refractivity contribution is 0.111. The van der Waals surface area contributed by atoms with Crippen molar-refractivity contribution in [3.8, 4) is 5.75 Å². The van der Waals surface area contributed by atoms with Crippen molar-refractivity contribution in [3.63, 3.8) is 0 Å². The number of aryl methyl sites for hydroxylation is 1. The Bertz CT molecular complexity index is 594. The number of methoxy groups -OCH3 is 1. The smallest absolute Gasteiger partial charge is 0.166 e. The number of hydrogen-bond donors (Lipinski definition) is 0. The quantitative estimate of drug-likeness (QED) is 0.758. The van der Waals surface area contributed by atoms with Gasteiger partial charge in [0.05, 0.1) is 12.8 Å². The van der Waals surface area contributed by atoms with Gasteiger partial charge in [0.15, 0.2) is 6.29 Å². The number of fused-ring (bicyclic) bond motifs is 1. The van der Waals surface area contributed by atoms with Crippen molar-refractivity contribution in [1.29, 1.82) is 0 Å². The van der Waals surface area contributed by atoms with Gasteiger partial charge in [0.25, 0.3) is 0 Å². The Kier molecular flexibility index (Phi) is 2.21. The third-order valence-corrected chi connectivity index (χ3v) is 3.59. The second kappa shape index (κ2) is 3.62. The molecule has 1 aromatic carbocycles. The molecule has 1 saturated carbocycles. The van der Waals surface area contributed by atoms with E-state index in [4.69, 9.17) is 4.74 Å². The number of hydrogen-bond acceptors (Lipinski definition) is 2. The number of carbonyl (C=O) groups excluding carboxylic acids is 1. The first kappa shape index (κ1) is 10.4. The SMILES string of the molecule is COc1ccc2c(c1)c(C1CC1)c(C=O)n2C. The molecule has 2 aromatic rings. The topological polar surface area (TPSA) is 31.2 Å². The first-order valence-corrected chi connectivity index (χ1v) is 5.87. The average Bonchev–Trinajstić information content (AvgIpc) is 3.15. The summed E-state index contributed by atoms with van der Waals surface area (Å²) in [5.74, 6) is 1.41. The number of ether oxygens (including phenoxy) is 1. The molecule has 3 heteroatoms. The highest BCUT2D eigenvalue weighted by Gasteiger charge is 2.30. The molecule has 3 rings (SSSR count). The zero-order valence-corrected chi connectivity index (χ0v) is 10.1. The number of nitrogens with zero attached hydrogens (tertiary/aromatic N) is 1. The molecule has 0 amide bonds. The molecule has 0 bridgehead atoms. The third-order valence-electron chi connectivity index (χ3n) is 3.59. The van der Waals surface area contributed by atoms with Crippen LogP contribution in [0.1, 0.15) is 34.8 Å². The molecular formula is C14H15NO2. The van der Waals surface area contributed by atoms with E-state index < -0.39 is 0 Å². The minimum absolute atomic E-state index is 0.561. The Morgan fingerprint density at radius 1 is 1.41 bits per heavy atom. The van der Waals surface area contributed by atoms with Crippen LogP contribution < -0.4 is 4.74 Å². The van der Waals surface area contributed by atoms with Gasteiger partial charge in [-0.3, -0.25) is 4.79 Å². The van der Waals surface area contributed by atoms with Gasteiger partial charge < -0.3 is 9.30 Å². The highest BCUT2D eigenvalue weighted by atomic mass is 16.5. The molecule has 0 aliphatic heterocycles. The molecule has 1 aliphatic rings. The van der Waals surface area contributed by atoms with E-state index in [0.29, 0.717) is 5.92 Å². The average molecular weight is 229 g/mol. The van der Waals surface area contributed by atoms with Crippen LogP contribution >= 0.6 is 0 Å². The fraction of sp³-hybridized carbons (Fsp3) is 0.357. The maximum Gasteiger partial charge on any atom is 0.166 e. The molecule has 1 aromatic heterocycles. The summed E-state index contributed by atoms with van der Waals surface area (Å²) in [6.45, 7) is 0. The van der Waals surface area contributed by atoms with Crippen LogP contribution in [0.5, 0.6) is 5.75 Å². The maximum atomic E-state index is 11.3. The van der Waals surface area contributed by atoms with Crippen LogP contribution in [0.4, 0.5) is 0 Å². The standard InChI is InChI=1S/C14H15NO2/c1-15-12-6-5-10(17-2)7-11(12)14(9-3-4-9)13(15)8-16/h5-9H,3-4H2,1-2H3. The first-order chi connectivity index (χ1) is 8.26. The van der Waals surface area contributed by atoms with Gasteiger partial charge in [-0.2, -0.15) is 0 Å². The summed E-state index contributed by atoms with van der Waals surface area (Å²) in [7, 11) is 3.62. The van der Waals surface area contributed by atoms with Crippen molar-refractivity contribution < 1.29 is 9.53 Å². The lowest BCUT2D eigenvalue weighted by atomic mass is 10.1. The van der Waals surface area contributed by atoms with Gasteiger partial charge in [0, 0.05) is 18.0 Å². The predicted molar refractivity (Wildman–Crippen MR) is 66.8 cm³/mol. The van der Waals surface area contributed by atoms with Gasteiger partial charge >= 0.3 is 0 Å². The summed E-state index contributed by atoms with van der Waals surface area (Å²) in [6, 6.07) is 6.00. The van der Waals surface area contributed by atoms with Crippen molar-refractivity contribution >= 4 is 17.2 Å². The molecule has 0 saturated heterocycles. The highest BCUT2D eigenvalue weighted by Crippen LogP contribution is 2.46. The van der Waals surface area contributed by atoms with E-state index in [1.807, 2.05) is 29.8 Å². The molecule has 1 aliphatic carbocycles. The summed E-state index contributed by atoms with van der Waals surface area (Å²) in [5.41, 5.74) is 3.13. The van der Waals surface area contributed by atoms with Gasteiger partial charge in [0.1, 0.15) is 5.75 Å². The van der Waals surface area contributed by atoms with Crippen LogP contribution in [0.15, 0.2) is 18.2 Å². The van der Waals surface area contributed by atoms with Crippen LogP contribution in [0.3, 0.4) is 0 Å². The van der Waals surface area contributed by atoms with Gasteiger partial charge in [-0.15, -0.1) is 0 Å². The highest BCUT2D eigenvalue weighted by molar-refractivity contribution is 5.94. The molecule has 1 heterocycles. The van der Waals surface area contributed by atoms with Crippen LogP contribution in [-0.2, 0) is 7.05 Å². The zero-order chi connectivity index (χ0) is 12.0. The monoisotopic (exact) mass is 229 g/mol. The molecular weight excluding hydrogens is 214 g/mol. The molecule has 0 unspecified atom stereocenters. The summed E-state index contributed by atoms with van der Waals surface area (Å²) < 4.78 is 7.24. The van der Waals surface area contributed by atoms with Gasteiger partial charge in [0.2, 0.25) is 0 Å². The summed E-state index contributed by atoms with van der Waals surface area (Å²) >= 11 is 0. The van der Waals surface area contributed by atoms with Gasteiger partial charge in [-0.1, -0.05) is 0 Å². The normalized spacial score (nSPS) is 15.2. The minimum Gasteiger partial charge on any atom is -0.497 e. The van der Waals surface area contributed by atoms with Crippen molar-refractivity contribution in [1.82, 2.24) is 4.57 Å². The van der Waals surface area contributed by atoms with E-state index in [1.165, 1.54) is 18.4 Å². The van der Waals surface area contributed by atoms with Gasteiger partial charge in [-0.05, 0) is 42.5 Å². The van der Waals surface area contributed by atoms with Crippen molar-refractivity contribution in [2.75, 3.05) is 7.11 Å². The van der Waals surface area contributed by atoms with Crippen LogP contribution in [-0.4, -0.2) is 18.0 Å². The summed E-state index contributed by atoms with van der Waals surface area (Å²) in [4.78, 5) is 11.3. The fourth-order valence-corrected chi connectivity index (χ4v) is 2.54. The van der Waals surface area contributed by atoms with Gasteiger partial charge in [-0.25, -0.2) is 0 Å². The Morgan fingerprint density at radius 2 is 2.18 bits per heavy atom. The number of aldehydes is 1. The number of rotatable bonds is 3. The number of benzene rings is 1. The Labute approximate surface area is 100.0 Å². The molecule has 0 N–H and O–H groups in total. The second-order valence-electron chi connectivity index (χ2n) is 4.63. The van der Waals surface area contributed by atoms with E-state index >= 15 is 0 Å². The van der Waals surface area contributed by atoms with E-state index in [0.717, 1.165) is 28.6 Å². The molecule has 0 radical (unpaired) electrons. The molecule has 3 nitrogen and oxygen atoms in total. The molecule has 0 spiro atoms. The van der Waals surface area contributed by atoms with E-state index in [2.05, 4.69) is 0 Å². The number of carbonyl (C=O) groups is 1. The third kappa shape index (κ3) is 1.46. The van der Waals surface area contributed by atoms with E-state index in [-0.39, 0.29) is 0 Å². The zero-order valence-electron chi connectivity index (χ0n) is 10.1. The van der Waals surface area contributed by atoms with Crippen LogP contribution in [0, 0.1) is 0 Å². The van der Waals surface area contributed by atoms with E-state index in [1.54, 1.807) is 7.11 Å². The largest absolute Gasteiger partial charge is 0.497 e. The molecule has 0 atom stereocenters. The van der Waals surface area contributed by atoms with Crippen LogP contribution in [0.2, 0.25) is 0 Å². The Morgan fingerprint density at radius 3 is 2.76 bits per heavy atom. The molecule has 88 valence electrons. The summed E-state index contributed by atoms with van der Waals surface area (Å²) in [6.07, 6.45) is 3.36. The van der Waals surface area contributed by atoms with Crippen LogP contribution in [0.25, 0.3) is 10.9 Å². The molecule has 17 heavy (non-hydrogen) atoms. The minimum atomic E-state index is 0.561. The maximum absolute atomic E-state index is 11.3.